The summed E-state index contributed by atoms with van der Waals surface area (Å²) >= 11 is 0. The summed E-state index contributed by atoms with van der Waals surface area (Å²) in [6.45, 7) is 2.12. The Bertz CT molecular complexity index is 2820. The number of hydrogen-bond donors (Lipinski definition) is 2. The molecule has 0 fully saturated rings. The quantitative estimate of drug-likeness (QED) is 0.181. The molecule has 3 heteroatoms. The predicted molar refractivity (Wildman–Crippen MR) is 228 cm³/mol. The first-order chi connectivity index (χ1) is 26.6. The monoisotopic (exact) mass is 691 g/mol. The van der Waals surface area contributed by atoms with Crippen LogP contribution in [0.5, 0.6) is 0 Å². The van der Waals surface area contributed by atoms with Crippen LogP contribution in [0.2, 0.25) is 0 Å². The first kappa shape index (κ1) is 31.9. The molecule has 10 rings (SSSR count). The molecule has 0 amide bonds. The van der Waals surface area contributed by atoms with Gasteiger partial charge in [-0.05, 0) is 102 Å². The van der Waals surface area contributed by atoms with Crippen LogP contribution < -0.4 is 5.32 Å². The van der Waals surface area contributed by atoms with Crippen LogP contribution in [-0.2, 0) is 0 Å². The number of allylic oxidation sites excluding steroid dienone is 6. The third-order valence-electron chi connectivity index (χ3n) is 11.1. The third-order valence-corrected chi connectivity index (χ3v) is 11.1. The minimum atomic E-state index is 0.236. The predicted octanol–water partition coefficient (Wildman–Crippen LogP) is 13.1. The van der Waals surface area contributed by atoms with Crippen molar-refractivity contribution in [3.05, 3.63) is 193 Å². The van der Waals surface area contributed by atoms with Gasteiger partial charge in [-0.3, -0.25) is 0 Å². The Morgan fingerprint density at radius 1 is 0.537 bits per heavy atom. The van der Waals surface area contributed by atoms with Crippen molar-refractivity contribution in [1.29, 1.82) is 5.41 Å². The lowest BCUT2D eigenvalue weighted by Gasteiger charge is -2.21. The fourth-order valence-corrected chi connectivity index (χ4v) is 8.23. The second-order valence-corrected chi connectivity index (χ2v) is 14.4. The number of fused-ring (bicyclic) bond motifs is 6. The van der Waals surface area contributed by atoms with Crippen LogP contribution in [0.3, 0.4) is 0 Å². The van der Waals surface area contributed by atoms with Crippen LogP contribution in [-0.4, -0.2) is 10.7 Å². The zero-order valence-electron chi connectivity index (χ0n) is 30.0. The number of aromatic nitrogens is 1. The van der Waals surface area contributed by atoms with Gasteiger partial charge in [0.2, 0.25) is 0 Å². The minimum Gasteiger partial charge on any atom is -0.361 e. The highest BCUT2D eigenvalue weighted by molar-refractivity contribution is 6.15. The summed E-state index contributed by atoms with van der Waals surface area (Å²) in [5.41, 5.74) is 11.3. The second kappa shape index (κ2) is 13.0. The fraction of sp³-hybridized carbons (Fsp3) is 0.0588. The third kappa shape index (κ3) is 5.45. The van der Waals surface area contributed by atoms with E-state index in [9.17, 15) is 0 Å². The van der Waals surface area contributed by atoms with Crippen molar-refractivity contribution in [2.75, 3.05) is 0 Å². The maximum Gasteiger partial charge on any atom is 0.0722 e. The Hall–Kier alpha value is -6.84. The van der Waals surface area contributed by atoms with Crippen LogP contribution in [0.1, 0.15) is 18.9 Å². The van der Waals surface area contributed by atoms with Crippen molar-refractivity contribution in [2.24, 2.45) is 5.92 Å². The van der Waals surface area contributed by atoms with E-state index in [4.69, 9.17) is 10.4 Å². The molecule has 1 atom stereocenters. The molecule has 0 radical (unpaired) electrons. The topological polar surface area (TPSA) is 48.8 Å². The van der Waals surface area contributed by atoms with E-state index in [0.717, 1.165) is 62.5 Å². The van der Waals surface area contributed by atoms with Gasteiger partial charge in [0.15, 0.2) is 0 Å². The maximum absolute atomic E-state index is 8.59. The van der Waals surface area contributed by atoms with Gasteiger partial charge in [0, 0.05) is 40.2 Å². The van der Waals surface area contributed by atoms with Gasteiger partial charge >= 0.3 is 0 Å². The highest BCUT2D eigenvalue weighted by atomic mass is 14.9. The zero-order chi connectivity index (χ0) is 36.2. The molecular weight excluding hydrogens is 655 g/mol. The normalized spacial score (nSPS) is 17.0. The number of benzene rings is 7. The first-order valence-corrected chi connectivity index (χ1v) is 18.7. The molecular formula is C51H37N3. The summed E-state index contributed by atoms with van der Waals surface area (Å²) in [7, 11) is 0. The summed E-state index contributed by atoms with van der Waals surface area (Å²) in [6, 6.07) is 52.6. The number of dihydropyridines is 1. The molecule has 2 aliphatic rings. The smallest absolute Gasteiger partial charge is 0.0722 e. The molecule has 0 spiro atoms. The molecule has 1 aliphatic heterocycles. The van der Waals surface area contributed by atoms with E-state index in [2.05, 4.69) is 188 Å². The average molecular weight is 692 g/mol. The lowest BCUT2D eigenvalue weighted by molar-refractivity contribution is 0.773. The van der Waals surface area contributed by atoms with Crippen molar-refractivity contribution < 1.29 is 0 Å². The van der Waals surface area contributed by atoms with Gasteiger partial charge in [0.05, 0.1) is 11.4 Å². The van der Waals surface area contributed by atoms with Crippen LogP contribution in [0.4, 0.5) is 0 Å². The van der Waals surface area contributed by atoms with E-state index < -0.39 is 0 Å². The highest BCUT2D eigenvalue weighted by Crippen LogP contribution is 2.40. The molecule has 2 heterocycles. The van der Waals surface area contributed by atoms with Gasteiger partial charge in [0.25, 0.3) is 0 Å². The lowest BCUT2D eigenvalue weighted by Crippen LogP contribution is -2.20. The van der Waals surface area contributed by atoms with Crippen molar-refractivity contribution in [3.8, 4) is 33.6 Å². The molecule has 1 unspecified atom stereocenters. The van der Waals surface area contributed by atoms with Crippen molar-refractivity contribution in [3.63, 3.8) is 0 Å². The molecule has 1 aromatic heterocycles. The molecule has 0 saturated heterocycles. The molecule has 0 bridgehead atoms. The van der Waals surface area contributed by atoms with Crippen LogP contribution in [0.25, 0.3) is 82.3 Å². The summed E-state index contributed by atoms with van der Waals surface area (Å²) in [5.74, 6) is 0.236. The molecule has 54 heavy (non-hydrogen) atoms. The standard InChI is InChI=1S/C51H37N3/c1-32-11-10-20-45(51(32)52)48-26-25-37(31-53-48)33-21-23-34(24-22-33)38-29-49(46-27-35-12-2-4-14-39(35)41-16-6-8-18-43(41)46)54-50(30-38)47-28-36-13-3-5-15-40(36)42-17-7-9-19-44(42)47/h2-10,12-32,52-53H,11H2,1H3/b48-45-,52-51?. The number of nitrogens with zero attached hydrogens (tertiary/aromatic N) is 1. The Kier molecular flexibility index (Phi) is 7.66. The highest BCUT2D eigenvalue weighted by Gasteiger charge is 2.19. The maximum atomic E-state index is 8.59. The number of rotatable bonds is 4. The van der Waals surface area contributed by atoms with E-state index in [1.165, 1.54) is 43.1 Å². The second-order valence-electron chi connectivity index (χ2n) is 14.4. The molecule has 7 aromatic carbocycles. The summed E-state index contributed by atoms with van der Waals surface area (Å²) < 4.78 is 0. The molecule has 8 aromatic rings. The van der Waals surface area contributed by atoms with E-state index >= 15 is 0 Å². The Morgan fingerprint density at radius 3 is 1.61 bits per heavy atom. The van der Waals surface area contributed by atoms with Crippen molar-refractivity contribution >= 4 is 54.4 Å². The zero-order valence-corrected chi connectivity index (χ0v) is 30.0. The summed E-state index contributed by atoms with van der Waals surface area (Å²) in [4.78, 5) is 5.51. The van der Waals surface area contributed by atoms with Crippen molar-refractivity contribution in [2.45, 2.75) is 13.3 Å². The largest absolute Gasteiger partial charge is 0.361 e. The number of pyridine rings is 1. The summed E-state index contributed by atoms with van der Waals surface area (Å²) in [5, 5.41) is 21.8. The fourth-order valence-electron chi connectivity index (χ4n) is 8.23. The van der Waals surface area contributed by atoms with Gasteiger partial charge in [-0.25, -0.2) is 4.98 Å². The Balaban J connectivity index is 1.12. The molecule has 256 valence electrons. The SMILES string of the molecule is CC1CC=C/C(=C2\C=CC(c3ccc(-c4cc(-c5cc6ccccc6c6ccccc56)nc(-c5cc6ccccc6c6ccccc56)c4)cc3)=CN2)C1=N. The van der Waals surface area contributed by atoms with Crippen LogP contribution >= 0.6 is 0 Å². The minimum absolute atomic E-state index is 0.236. The molecule has 3 nitrogen and oxygen atoms in total. The summed E-state index contributed by atoms with van der Waals surface area (Å²) in [6.07, 6.45) is 11.5. The van der Waals surface area contributed by atoms with E-state index in [1.54, 1.807) is 0 Å². The van der Waals surface area contributed by atoms with Gasteiger partial charge < -0.3 is 10.7 Å². The van der Waals surface area contributed by atoms with E-state index in [0.29, 0.717) is 5.71 Å². The first-order valence-electron chi connectivity index (χ1n) is 18.7. The van der Waals surface area contributed by atoms with Crippen molar-refractivity contribution in [1.82, 2.24) is 10.3 Å². The van der Waals surface area contributed by atoms with E-state index in [1.807, 2.05) is 0 Å². The van der Waals surface area contributed by atoms with Gasteiger partial charge in [-0.1, -0.05) is 146 Å². The Morgan fingerprint density at radius 2 is 1.06 bits per heavy atom. The van der Waals surface area contributed by atoms with Gasteiger partial charge in [-0.2, -0.15) is 0 Å². The average Bonchev–Trinajstić information content (AvgIpc) is 3.24. The van der Waals surface area contributed by atoms with Crippen LogP contribution in [0.15, 0.2) is 187 Å². The molecule has 1 aliphatic carbocycles. The number of hydrogen-bond acceptors (Lipinski definition) is 3. The van der Waals surface area contributed by atoms with Gasteiger partial charge in [-0.15, -0.1) is 0 Å². The molecule has 0 saturated carbocycles. The molecule has 2 N–H and O–H groups in total. The lowest BCUT2D eigenvalue weighted by atomic mass is 9.88. The van der Waals surface area contributed by atoms with E-state index in [-0.39, 0.29) is 5.92 Å². The van der Waals surface area contributed by atoms with Gasteiger partial charge in [0.1, 0.15) is 0 Å². The Labute approximate surface area is 314 Å². The number of nitrogens with one attached hydrogen (secondary N) is 2. The van der Waals surface area contributed by atoms with Crippen LogP contribution in [0, 0.1) is 11.3 Å².